The van der Waals surface area contributed by atoms with Gasteiger partial charge >= 0.3 is 0 Å². The average Bonchev–Trinajstić information content (AvgIpc) is 2.81. The molecule has 4 heteroatoms. The summed E-state index contributed by atoms with van der Waals surface area (Å²) >= 11 is 3.61. The van der Waals surface area contributed by atoms with Gasteiger partial charge in [-0.1, -0.05) is 28.9 Å². The van der Waals surface area contributed by atoms with E-state index in [1.54, 1.807) is 0 Å². The van der Waals surface area contributed by atoms with Crippen LogP contribution in [0, 0.1) is 0 Å². The van der Waals surface area contributed by atoms with Crippen molar-refractivity contribution < 1.29 is 0 Å². The van der Waals surface area contributed by atoms with Gasteiger partial charge in [0, 0.05) is 29.0 Å². The second-order valence-electron chi connectivity index (χ2n) is 4.28. The zero-order valence-electron chi connectivity index (χ0n) is 10.6. The minimum atomic E-state index is 0.671. The number of hydrogen-bond acceptors (Lipinski definition) is 2. The number of aryl methyl sites for hydroxylation is 1. The van der Waals surface area contributed by atoms with Crippen LogP contribution >= 0.6 is 15.9 Å². The smallest absolute Gasteiger partial charge is 0.113 e. The van der Waals surface area contributed by atoms with Crippen LogP contribution < -0.4 is 5.73 Å². The molecule has 18 heavy (non-hydrogen) atoms. The van der Waals surface area contributed by atoms with E-state index >= 15 is 0 Å². The first-order valence-electron chi connectivity index (χ1n) is 6.27. The first-order valence-corrected chi connectivity index (χ1v) is 7.06. The zero-order chi connectivity index (χ0) is 13.0. The van der Waals surface area contributed by atoms with Gasteiger partial charge in [-0.05, 0) is 37.1 Å². The standard InChI is InChI=1S/C14H18BrN3/c1-2-3-14-17-8-9-18(14)12-5-4-11(6-7-16)13(15)10-12/h4-5,8-10H,2-3,6-7,16H2,1H3. The van der Waals surface area contributed by atoms with Crippen LogP contribution in [0.1, 0.15) is 24.7 Å². The number of aromatic nitrogens is 2. The van der Waals surface area contributed by atoms with Crippen molar-refractivity contribution in [1.82, 2.24) is 9.55 Å². The fourth-order valence-electron chi connectivity index (χ4n) is 2.02. The summed E-state index contributed by atoms with van der Waals surface area (Å²) < 4.78 is 3.25. The van der Waals surface area contributed by atoms with Gasteiger partial charge in [0.25, 0.3) is 0 Å². The third-order valence-corrected chi connectivity index (χ3v) is 3.66. The molecule has 0 aliphatic heterocycles. The highest BCUT2D eigenvalue weighted by molar-refractivity contribution is 9.10. The van der Waals surface area contributed by atoms with Gasteiger partial charge in [0.15, 0.2) is 0 Å². The quantitative estimate of drug-likeness (QED) is 0.922. The van der Waals surface area contributed by atoms with E-state index < -0.39 is 0 Å². The highest BCUT2D eigenvalue weighted by Gasteiger charge is 2.06. The fraction of sp³-hybridized carbons (Fsp3) is 0.357. The van der Waals surface area contributed by atoms with E-state index in [2.05, 4.69) is 50.6 Å². The van der Waals surface area contributed by atoms with E-state index in [0.29, 0.717) is 6.54 Å². The molecular weight excluding hydrogens is 290 g/mol. The van der Waals surface area contributed by atoms with Gasteiger partial charge in [0.05, 0.1) is 0 Å². The molecule has 0 bridgehead atoms. The summed E-state index contributed by atoms with van der Waals surface area (Å²) in [5, 5.41) is 0. The van der Waals surface area contributed by atoms with Crippen LogP contribution in [0.15, 0.2) is 35.1 Å². The molecule has 0 spiro atoms. The Morgan fingerprint density at radius 1 is 1.33 bits per heavy atom. The number of nitrogens with zero attached hydrogens (tertiary/aromatic N) is 2. The molecule has 2 rings (SSSR count). The lowest BCUT2D eigenvalue weighted by Gasteiger charge is -2.10. The number of rotatable bonds is 5. The van der Waals surface area contributed by atoms with Crippen molar-refractivity contribution in [2.45, 2.75) is 26.2 Å². The molecule has 1 aromatic heterocycles. The van der Waals surface area contributed by atoms with E-state index in [1.807, 2.05) is 12.4 Å². The Morgan fingerprint density at radius 2 is 2.17 bits per heavy atom. The van der Waals surface area contributed by atoms with E-state index in [0.717, 1.165) is 35.2 Å². The summed E-state index contributed by atoms with van der Waals surface area (Å²) in [6.45, 7) is 2.84. The predicted molar refractivity (Wildman–Crippen MR) is 78.0 cm³/mol. The van der Waals surface area contributed by atoms with Crippen molar-refractivity contribution in [2.75, 3.05) is 6.54 Å². The van der Waals surface area contributed by atoms with Gasteiger partial charge in [-0.15, -0.1) is 0 Å². The Hall–Kier alpha value is -1.13. The molecule has 1 heterocycles. The number of nitrogens with two attached hydrogens (primary N) is 1. The summed E-state index contributed by atoms with van der Waals surface area (Å²) in [6, 6.07) is 6.38. The molecular formula is C14H18BrN3. The summed E-state index contributed by atoms with van der Waals surface area (Å²) in [7, 11) is 0. The highest BCUT2D eigenvalue weighted by atomic mass is 79.9. The SMILES string of the molecule is CCCc1nccn1-c1ccc(CCN)c(Br)c1. The van der Waals surface area contributed by atoms with Crippen LogP contribution in [-0.2, 0) is 12.8 Å². The summed E-state index contributed by atoms with van der Waals surface area (Å²) in [4.78, 5) is 4.40. The molecule has 0 amide bonds. The van der Waals surface area contributed by atoms with Crippen molar-refractivity contribution in [1.29, 1.82) is 0 Å². The van der Waals surface area contributed by atoms with E-state index in [9.17, 15) is 0 Å². The van der Waals surface area contributed by atoms with Gasteiger partial charge in [0.2, 0.25) is 0 Å². The Kier molecular flexibility index (Phi) is 4.55. The molecule has 0 saturated heterocycles. The molecule has 0 saturated carbocycles. The fourth-order valence-corrected chi connectivity index (χ4v) is 2.59. The normalized spacial score (nSPS) is 10.8. The van der Waals surface area contributed by atoms with E-state index in [4.69, 9.17) is 5.73 Å². The summed E-state index contributed by atoms with van der Waals surface area (Å²) in [5.41, 5.74) is 7.98. The van der Waals surface area contributed by atoms with Gasteiger partial charge in [0.1, 0.15) is 5.82 Å². The van der Waals surface area contributed by atoms with Crippen LogP contribution in [0.4, 0.5) is 0 Å². The molecule has 2 N–H and O–H groups in total. The molecule has 0 fully saturated rings. The molecule has 3 nitrogen and oxygen atoms in total. The maximum Gasteiger partial charge on any atom is 0.113 e. The van der Waals surface area contributed by atoms with Crippen LogP contribution in [0.3, 0.4) is 0 Å². The third kappa shape index (κ3) is 2.82. The second kappa shape index (κ2) is 6.16. The molecule has 0 atom stereocenters. The molecule has 0 radical (unpaired) electrons. The zero-order valence-corrected chi connectivity index (χ0v) is 12.2. The van der Waals surface area contributed by atoms with Crippen LogP contribution in [-0.4, -0.2) is 16.1 Å². The predicted octanol–water partition coefficient (Wildman–Crippen LogP) is 3.09. The Balaban J connectivity index is 2.33. The lowest BCUT2D eigenvalue weighted by atomic mass is 10.1. The van der Waals surface area contributed by atoms with Gasteiger partial charge in [-0.2, -0.15) is 0 Å². The number of benzene rings is 1. The Labute approximate surface area is 116 Å². The van der Waals surface area contributed by atoms with Gasteiger partial charge < -0.3 is 10.3 Å². The molecule has 96 valence electrons. The minimum absolute atomic E-state index is 0.671. The average molecular weight is 308 g/mol. The van der Waals surface area contributed by atoms with Crippen LogP contribution in [0.5, 0.6) is 0 Å². The van der Waals surface area contributed by atoms with Crippen molar-refractivity contribution >= 4 is 15.9 Å². The molecule has 2 aromatic rings. The maximum absolute atomic E-state index is 5.59. The monoisotopic (exact) mass is 307 g/mol. The number of imidazole rings is 1. The Morgan fingerprint density at radius 3 is 2.83 bits per heavy atom. The number of hydrogen-bond donors (Lipinski definition) is 1. The van der Waals surface area contributed by atoms with Crippen molar-refractivity contribution in [2.24, 2.45) is 5.73 Å². The molecule has 1 aromatic carbocycles. The van der Waals surface area contributed by atoms with Crippen LogP contribution in [0.25, 0.3) is 5.69 Å². The van der Waals surface area contributed by atoms with E-state index in [-0.39, 0.29) is 0 Å². The van der Waals surface area contributed by atoms with Gasteiger partial charge in [-0.25, -0.2) is 4.98 Å². The maximum atomic E-state index is 5.59. The van der Waals surface area contributed by atoms with E-state index in [1.165, 1.54) is 5.56 Å². The lowest BCUT2D eigenvalue weighted by Crippen LogP contribution is -2.04. The van der Waals surface area contributed by atoms with Crippen molar-refractivity contribution in [3.63, 3.8) is 0 Å². The first-order chi connectivity index (χ1) is 8.76. The second-order valence-corrected chi connectivity index (χ2v) is 5.13. The molecule has 0 aliphatic carbocycles. The van der Waals surface area contributed by atoms with Crippen LogP contribution in [0.2, 0.25) is 0 Å². The summed E-state index contributed by atoms with van der Waals surface area (Å²) in [5.74, 6) is 1.11. The largest absolute Gasteiger partial charge is 0.330 e. The highest BCUT2D eigenvalue weighted by Crippen LogP contribution is 2.22. The summed E-state index contributed by atoms with van der Waals surface area (Å²) in [6.07, 6.45) is 6.85. The first kappa shape index (κ1) is 13.3. The van der Waals surface area contributed by atoms with Crippen molar-refractivity contribution in [3.8, 4) is 5.69 Å². The topological polar surface area (TPSA) is 43.8 Å². The van der Waals surface area contributed by atoms with Crippen molar-refractivity contribution in [3.05, 3.63) is 46.5 Å². The van der Waals surface area contributed by atoms with Gasteiger partial charge in [-0.3, -0.25) is 0 Å². The molecule has 0 unspecified atom stereocenters. The third-order valence-electron chi connectivity index (χ3n) is 2.92. The minimum Gasteiger partial charge on any atom is -0.330 e. The lowest BCUT2D eigenvalue weighted by molar-refractivity contribution is 0.808. The molecule has 0 aliphatic rings. The Bertz CT molecular complexity index is 520. The number of halogens is 1.